The third-order valence-electron chi connectivity index (χ3n) is 2.90. The van der Waals surface area contributed by atoms with Crippen LogP contribution in [0.2, 0.25) is 0 Å². The highest BCUT2D eigenvalue weighted by Crippen LogP contribution is 2.30. The van der Waals surface area contributed by atoms with Crippen LogP contribution in [0.4, 0.5) is 0 Å². The summed E-state index contributed by atoms with van der Waals surface area (Å²) in [5.74, 6) is 0.785. The highest BCUT2D eigenvalue weighted by Gasteiger charge is 2.20. The molecule has 0 amide bonds. The van der Waals surface area contributed by atoms with Crippen molar-refractivity contribution in [1.29, 1.82) is 0 Å². The second-order valence-electron chi connectivity index (χ2n) is 4.10. The molecule has 0 N–H and O–H groups in total. The maximum atomic E-state index is 12.3. The Bertz CT molecular complexity index is 841. The molecule has 1 heterocycles. The van der Waals surface area contributed by atoms with Gasteiger partial charge in [-0.1, -0.05) is 0 Å². The van der Waals surface area contributed by atoms with Crippen LogP contribution < -0.4 is 14.9 Å². The zero-order valence-corrected chi connectivity index (χ0v) is 12.6. The molecule has 108 valence electrons. The van der Waals surface area contributed by atoms with E-state index in [-0.39, 0.29) is 5.39 Å². The van der Waals surface area contributed by atoms with E-state index in [1.807, 2.05) is 0 Å². The maximum Gasteiger partial charge on any atom is 0.266 e. The van der Waals surface area contributed by atoms with Crippen LogP contribution in [0.5, 0.6) is 11.5 Å². The van der Waals surface area contributed by atoms with Crippen LogP contribution in [0.25, 0.3) is 10.9 Å². The first-order valence-electron chi connectivity index (χ1n) is 5.49. The Morgan fingerprint density at radius 2 is 1.85 bits per heavy atom. The molecule has 6 nitrogen and oxygen atoms in total. The summed E-state index contributed by atoms with van der Waals surface area (Å²) in [6.07, 6.45) is 1.17. The highest BCUT2D eigenvalue weighted by molar-refractivity contribution is 8.13. The van der Waals surface area contributed by atoms with Gasteiger partial charge in [-0.05, 0) is 6.07 Å². The third kappa shape index (κ3) is 2.34. The molecule has 2 aromatic rings. The van der Waals surface area contributed by atoms with E-state index in [1.54, 1.807) is 13.1 Å². The summed E-state index contributed by atoms with van der Waals surface area (Å²) in [7, 11) is 5.64. The molecule has 8 heteroatoms. The van der Waals surface area contributed by atoms with Crippen LogP contribution in [-0.4, -0.2) is 27.2 Å². The summed E-state index contributed by atoms with van der Waals surface area (Å²) in [6.45, 7) is 0. The van der Waals surface area contributed by atoms with Crippen LogP contribution in [0.15, 0.2) is 28.0 Å². The summed E-state index contributed by atoms with van der Waals surface area (Å²) in [6, 6.07) is 3.06. The van der Waals surface area contributed by atoms with Crippen molar-refractivity contribution < 1.29 is 17.9 Å². The molecule has 1 aromatic carbocycles. The number of benzene rings is 1. The Hall–Kier alpha value is -1.73. The van der Waals surface area contributed by atoms with Gasteiger partial charge in [0, 0.05) is 30.0 Å². The lowest BCUT2D eigenvalue weighted by Crippen LogP contribution is -2.15. The lowest BCUT2D eigenvalue weighted by atomic mass is 10.2. The van der Waals surface area contributed by atoms with Gasteiger partial charge in [-0.25, -0.2) is 8.42 Å². The average Bonchev–Trinajstić information content (AvgIpc) is 2.39. The van der Waals surface area contributed by atoms with Gasteiger partial charge in [0.1, 0.15) is 16.4 Å². The van der Waals surface area contributed by atoms with Gasteiger partial charge in [-0.3, -0.25) is 4.79 Å². The Morgan fingerprint density at radius 3 is 2.35 bits per heavy atom. The summed E-state index contributed by atoms with van der Waals surface area (Å²) in [4.78, 5) is 11.8. The molecule has 0 aliphatic rings. The monoisotopic (exact) mass is 317 g/mol. The second kappa shape index (κ2) is 4.99. The Morgan fingerprint density at radius 1 is 1.20 bits per heavy atom. The number of aryl methyl sites for hydroxylation is 1. The average molecular weight is 318 g/mol. The number of hydrogen-bond acceptors (Lipinski definition) is 5. The van der Waals surface area contributed by atoms with Crippen molar-refractivity contribution in [3.8, 4) is 11.5 Å². The predicted octanol–water partition coefficient (Wildman–Crippen LogP) is 1.48. The Balaban J connectivity index is 3.04. The zero-order valence-electron chi connectivity index (χ0n) is 11.0. The van der Waals surface area contributed by atoms with Crippen LogP contribution in [0.1, 0.15) is 0 Å². The van der Waals surface area contributed by atoms with Gasteiger partial charge in [0.05, 0.1) is 25.1 Å². The molecule has 0 spiro atoms. The van der Waals surface area contributed by atoms with Crippen molar-refractivity contribution in [2.24, 2.45) is 7.05 Å². The lowest BCUT2D eigenvalue weighted by molar-refractivity contribution is 0.396. The smallest absolute Gasteiger partial charge is 0.266 e. The molecular formula is C12H12ClNO5S. The molecule has 0 saturated heterocycles. The minimum atomic E-state index is -4.13. The standard InChI is InChI=1S/C12H12ClNO5S/c1-14-6-10(20(13,16)17)12(15)8-4-7(18-2)5-9(19-3)11(8)14/h4-6H,1-3H3. The van der Waals surface area contributed by atoms with E-state index in [0.29, 0.717) is 17.0 Å². The van der Waals surface area contributed by atoms with E-state index in [4.69, 9.17) is 20.2 Å². The molecule has 1 aromatic heterocycles. The number of hydrogen-bond donors (Lipinski definition) is 0. The van der Waals surface area contributed by atoms with Crippen molar-refractivity contribution in [2.75, 3.05) is 14.2 Å². The lowest BCUT2D eigenvalue weighted by Gasteiger charge is -2.13. The van der Waals surface area contributed by atoms with E-state index in [0.717, 1.165) is 0 Å². The summed E-state index contributed by atoms with van der Waals surface area (Å²) in [5.41, 5.74) is -0.229. The van der Waals surface area contributed by atoms with Crippen LogP contribution in [0.3, 0.4) is 0 Å². The summed E-state index contributed by atoms with van der Waals surface area (Å²) in [5, 5.41) is 0.158. The number of methoxy groups -OCH3 is 2. The van der Waals surface area contributed by atoms with Crippen molar-refractivity contribution in [2.45, 2.75) is 4.90 Å². The minimum Gasteiger partial charge on any atom is -0.497 e. The van der Waals surface area contributed by atoms with E-state index in [9.17, 15) is 13.2 Å². The van der Waals surface area contributed by atoms with Gasteiger partial charge in [-0.2, -0.15) is 0 Å². The van der Waals surface area contributed by atoms with Crippen LogP contribution >= 0.6 is 10.7 Å². The van der Waals surface area contributed by atoms with Gasteiger partial charge >= 0.3 is 0 Å². The van der Waals surface area contributed by atoms with Gasteiger partial charge in [0.2, 0.25) is 5.43 Å². The SMILES string of the molecule is COc1cc(OC)c2c(c1)c(=O)c(S(=O)(=O)Cl)cn2C. The number of ether oxygens (including phenoxy) is 2. The Kier molecular flexibility index (Phi) is 3.66. The van der Waals surface area contributed by atoms with Gasteiger partial charge < -0.3 is 14.0 Å². The normalized spacial score (nSPS) is 11.6. The van der Waals surface area contributed by atoms with Crippen molar-refractivity contribution in [1.82, 2.24) is 4.57 Å². The van der Waals surface area contributed by atoms with Gasteiger partial charge in [0.15, 0.2) is 0 Å². The van der Waals surface area contributed by atoms with Crippen molar-refractivity contribution >= 4 is 30.6 Å². The summed E-state index contributed by atoms with van der Waals surface area (Å²) >= 11 is 0. The maximum absolute atomic E-state index is 12.3. The molecular weight excluding hydrogens is 306 g/mol. The molecule has 0 unspecified atom stereocenters. The highest BCUT2D eigenvalue weighted by atomic mass is 35.7. The number of pyridine rings is 1. The molecule has 20 heavy (non-hydrogen) atoms. The molecule has 0 fully saturated rings. The first-order valence-corrected chi connectivity index (χ1v) is 7.80. The molecule has 0 saturated carbocycles. The number of halogens is 1. The van der Waals surface area contributed by atoms with Gasteiger partial charge in [0.25, 0.3) is 9.05 Å². The first-order chi connectivity index (χ1) is 9.29. The van der Waals surface area contributed by atoms with E-state index < -0.39 is 19.4 Å². The second-order valence-corrected chi connectivity index (χ2v) is 6.63. The topological polar surface area (TPSA) is 74.6 Å². The predicted molar refractivity (Wildman–Crippen MR) is 75.3 cm³/mol. The minimum absolute atomic E-state index is 0.158. The molecule has 0 aliphatic carbocycles. The molecule has 2 rings (SSSR count). The van der Waals surface area contributed by atoms with Crippen molar-refractivity contribution in [3.63, 3.8) is 0 Å². The van der Waals surface area contributed by atoms with Crippen molar-refractivity contribution in [3.05, 3.63) is 28.6 Å². The van der Waals surface area contributed by atoms with E-state index in [2.05, 4.69) is 0 Å². The van der Waals surface area contributed by atoms with Crippen LogP contribution in [0, 0.1) is 0 Å². The third-order valence-corrected chi connectivity index (χ3v) is 4.21. The fourth-order valence-electron chi connectivity index (χ4n) is 2.00. The number of aromatic nitrogens is 1. The number of nitrogens with zero attached hydrogens (tertiary/aromatic N) is 1. The number of rotatable bonds is 3. The first kappa shape index (κ1) is 14.7. The Labute approximate surface area is 119 Å². The fourth-order valence-corrected chi connectivity index (χ4v) is 2.94. The summed E-state index contributed by atoms with van der Waals surface area (Å²) < 4.78 is 34.7. The van der Waals surface area contributed by atoms with Gasteiger partial charge in [-0.15, -0.1) is 0 Å². The fraction of sp³-hybridized carbons (Fsp3) is 0.250. The van der Waals surface area contributed by atoms with E-state index in [1.165, 1.54) is 31.0 Å². The van der Waals surface area contributed by atoms with Crippen LogP contribution in [-0.2, 0) is 16.1 Å². The zero-order chi connectivity index (χ0) is 15.1. The molecule has 0 aliphatic heterocycles. The van der Waals surface area contributed by atoms with E-state index >= 15 is 0 Å². The molecule has 0 bridgehead atoms. The molecule has 0 radical (unpaired) electrons. The molecule has 0 atom stereocenters. The quantitative estimate of drug-likeness (QED) is 0.802. The largest absolute Gasteiger partial charge is 0.497 e. The number of fused-ring (bicyclic) bond motifs is 1.